The molecule has 0 fully saturated rings. The fraction of sp³-hybridized carbons (Fsp3) is 0.0400. The number of nitro groups is 1. The number of H-pyrrole nitrogens is 1. The highest BCUT2D eigenvalue weighted by Gasteiger charge is 2.14. The van der Waals surface area contributed by atoms with E-state index in [1.807, 2.05) is 30.5 Å². The number of rotatable bonds is 7. The second-order valence-corrected chi connectivity index (χ2v) is 6.98. The lowest BCUT2D eigenvalue weighted by Crippen LogP contribution is -1.95. The molecule has 0 radical (unpaired) electrons. The zero-order valence-corrected chi connectivity index (χ0v) is 17.2. The van der Waals surface area contributed by atoms with E-state index >= 15 is 0 Å². The van der Waals surface area contributed by atoms with Crippen molar-refractivity contribution in [2.45, 2.75) is 0 Å². The Kier molecular flexibility index (Phi) is 5.89. The number of hydrogen-bond donors (Lipinski definition) is 1. The largest absolute Gasteiger partial charge is 0.490 e. The zero-order chi connectivity index (χ0) is 22.5. The topological polar surface area (TPSA) is 97.6 Å². The van der Waals surface area contributed by atoms with Crippen LogP contribution in [-0.2, 0) is 0 Å². The number of carbonyl (C=O) groups excluding carboxylic acids is 1. The average molecular weight is 425 g/mol. The molecule has 0 amide bonds. The number of aromatic nitrogens is 1. The van der Waals surface area contributed by atoms with E-state index in [1.54, 1.807) is 36.5 Å². The predicted molar refractivity (Wildman–Crippen MR) is 125 cm³/mol. The highest BCUT2D eigenvalue weighted by molar-refractivity contribution is 6.07. The number of benzene rings is 3. The van der Waals surface area contributed by atoms with E-state index in [4.69, 9.17) is 4.74 Å². The highest BCUT2D eigenvalue weighted by Crippen LogP contribution is 2.28. The van der Waals surface area contributed by atoms with Gasteiger partial charge in [-0.25, -0.2) is 0 Å². The quantitative estimate of drug-likeness (QED) is 0.134. The summed E-state index contributed by atoms with van der Waals surface area (Å²) in [6, 6.07) is 19.4. The summed E-state index contributed by atoms with van der Waals surface area (Å²) in [6.45, 7) is 0. The van der Waals surface area contributed by atoms with Gasteiger partial charge in [-0.05, 0) is 48.0 Å². The van der Waals surface area contributed by atoms with Crippen molar-refractivity contribution in [3.8, 4) is 5.75 Å². The van der Waals surface area contributed by atoms with E-state index in [9.17, 15) is 14.9 Å². The number of hydrogen-bond acceptors (Lipinski definition) is 5. The van der Waals surface area contributed by atoms with Crippen LogP contribution in [0, 0.1) is 10.1 Å². The number of nitrogens with zero attached hydrogens (tertiary/aromatic N) is 2. The van der Waals surface area contributed by atoms with Crippen molar-refractivity contribution < 1.29 is 14.5 Å². The Bertz CT molecular complexity index is 1350. The Balaban J connectivity index is 1.46. The standard InChI is InChI=1S/C25H19N3O4/c1-32-25-13-7-17(14-23(25)28(30)31)6-12-24(29)18-8-10-20(11-9-18)26-15-19-16-27-22-5-3-2-4-21(19)22/h2-16,27H,1H3/b12-6+,26-15?. The van der Waals surface area contributed by atoms with Gasteiger partial charge in [0.1, 0.15) is 0 Å². The summed E-state index contributed by atoms with van der Waals surface area (Å²) in [6.07, 6.45) is 6.61. The lowest BCUT2D eigenvalue weighted by atomic mass is 10.1. The van der Waals surface area contributed by atoms with Gasteiger partial charge < -0.3 is 9.72 Å². The van der Waals surface area contributed by atoms with Crippen molar-refractivity contribution in [2.24, 2.45) is 4.99 Å². The molecule has 0 atom stereocenters. The zero-order valence-electron chi connectivity index (χ0n) is 17.2. The van der Waals surface area contributed by atoms with Crippen molar-refractivity contribution in [3.63, 3.8) is 0 Å². The van der Waals surface area contributed by atoms with Crippen molar-refractivity contribution >= 4 is 40.4 Å². The number of aliphatic imine (C=N–C) groups is 1. The van der Waals surface area contributed by atoms with Gasteiger partial charge in [0.05, 0.1) is 17.7 Å². The molecule has 0 saturated heterocycles. The van der Waals surface area contributed by atoms with Gasteiger partial charge in [0, 0.05) is 40.5 Å². The fourth-order valence-corrected chi connectivity index (χ4v) is 3.28. The van der Waals surface area contributed by atoms with Gasteiger partial charge in [0.25, 0.3) is 0 Å². The van der Waals surface area contributed by atoms with Gasteiger partial charge in [-0.1, -0.05) is 30.3 Å². The maximum atomic E-state index is 12.5. The number of ketones is 1. The summed E-state index contributed by atoms with van der Waals surface area (Å²) in [5, 5.41) is 12.2. The van der Waals surface area contributed by atoms with E-state index in [1.165, 1.54) is 31.4 Å². The number of aromatic amines is 1. The van der Waals surface area contributed by atoms with Gasteiger partial charge in [-0.2, -0.15) is 0 Å². The Morgan fingerprint density at radius 3 is 2.62 bits per heavy atom. The number of ether oxygens (including phenoxy) is 1. The number of fused-ring (bicyclic) bond motifs is 1. The van der Waals surface area contributed by atoms with Crippen LogP contribution in [0.1, 0.15) is 21.5 Å². The minimum absolute atomic E-state index is 0.153. The van der Waals surface area contributed by atoms with E-state index in [0.717, 1.165) is 22.2 Å². The van der Waals surface area contributed by atoms with Crippen molar-refractivity contribution in [1.29, 1.82) is 0 Å². The van der Waals surface area contributed by atoms with Crippen molar-refractivity contribution in [1.82, 2.24) is 4.98 Å². The second kappa shape index (κ2) is 9.09. The summed E-state index contributed by atoms with van der Waals surface area (Å²) in [5.41, 5.74) is 3.63. The molecule has 7 heteroatoms. The minimum Gasteiger partial charge on any atom is -0.490 e. The van der Waals surface area contributed by atoms with Crippen LogP contribution in [-0.4, -0.2) is 29.0 Å². The summed E-state index contributed by atoms with van der Waals surface area (Å²) >= 11 is 0. The first-order valence-electron chi connectivity index (χ1n) is 9.80. The molecular formula is C25H19N3O4. The normalized spacial score (nSPS) is 11.4. The van der Waals surface area contributed by atoms with Crippen LogP contribution >= 0.6 is 0 Å². The Labute approximate surface area is 183 Å². The Hall–Kier alpha value is -4.52. The molecule has 158 valence electrons. The number of para-hydroxylation sites is 1. The van der Waals surface area contributed by atoms with Gasteiger partial charge in [-0.15, -0.1) is 0 Å². The van der Waals surface area contributed by atoms with E-state index in [0.29, 0.717) is 11.1 Å². The van der Waals surface area contributed by atoms with Crippen LogP contribution in [0.3, 0.4) is 0 Å². The van der Waals surface area contributed by atoms with Crippen LogP contribution in [0.5, 0.6) is 5.75 Å². The Morgan fingerprint density at radius 1 is 1.09 bits per heavy atom. The van der Waals surface area contributed by atoms with Crippen molar-refractivity contribution in [3.05, 3.63) is 106 Å². The summed E-state index contributed by atoms with van der Waals surface area (Å²) in [4.78, 5) is 30.8. The highest BCUT2D eigenvalue weighted by atomic mass is 16.6. The fourth-order valence-electron chi connectivity index (χ4n) is 3.28. The SMILES string of the molecule is COc1ccc(/C=C/C(=O)c2ccc(N=Cc3c[nH]c4ccccc34)cc2)cc1[N+](=O)[O-]. The first-order valence-corrected chi connectivity index (χ1v) is 9.80. The third-order valence-electron chi connectivity index (χ3n) is 4.95. The summed E-state index contributed by atoms with van der Waals surface area (Å²) in [5.74, 6) is -0.0436. The van der Waals surface area contributed by atoms with Gasteiger partial charge >= 0.3 is 5.69 Å². The summed E-state index contributed by atoms with van der Waals surface area (Å²) < 4.78 is 4.99. The molecule has 7 nitrogen and oxygen atoms in total. The van der Waals surface area contributed by atoms with Crippen LogP contribution in [0.15, 0.2) is 84.0 Å². The molecule has 0 aliphatic rings. The second-order valence-electron chi connectivity index (χ2n) is 6.98. The Morgan fingerprint density at radius 2 is 1.88 bits per heavy atom. The molecule has 3 aromatic carbocycles. The van der Waals surface area contributed by atoms with Crippen LogP contribution < -0.4 is 4.74 Å². The maximum Gasteiger partial charge on any atom is 0.311 e. The van der Waals surface area contributed by atoms with E-state index in [2.05, 4.69) is 9.98 Å². The molecule has 1 aromatic heterocycles. The molecule has 0 saturated carbocycles. The van der Waals surface area contributed by atoms with Gasteiger partial charge in [-0.3, -0.25) is 19.9 Å². The molecular weight excluding hydrogens is 406 g/mol. The first kappa shape index (κ1) is 20.7. The van der Waals surface area contributed by atoms with Crippen molar-refractivity contribution in [2.75, 3.05) is 7.11 Å². The molecule has 1 N–H and O–H groups in total. The minimum atomic E-state index is -0.520. The van der Waals surface area contributed by atoms with Crippen LogP contribution in [0.2, 0.25) is 0 Å². The van der Waals surface area contributed by atoms with Crippen LogP contribution in [0.25, 0.3) is 17.0 Å². The molecule has 0 aliphatic heterocycles. The predicted octanol–water partition coefficient (Wildman–Crippen LogP) is 5.73. The third-order valence-corrected chi connectivity index (χ3v) is 4.95. The molecule has 0 spiro atoms. The smallest absolute Gasteiger partial charge is 0.311 e. The number of nitro benzene ring substituents is 1. The van der Waals surface area contributed by atoms with Gasteiger partial charge in [0.2, 0.25) is 0 Å². The average Bonchev–Trinajstić information content (AvgIpc) is 3.24. The molecule has 32 heavy (non-hydrogen) atoms. The summed E-state index contributed by atoms with van der Waals surface area (Å²) in [7, 11) is 1.37. The van der Waals surface area contributed by atoms with E-state index in [-0.39, 0.29) is 17.2 Å². The molecule has 0 unspecified atom stereocenters. The monoisotopic (exact) mass is 425 g/mol. The van der Waals surface area contributed by atoms with Crippen LogP contribution in [0.4, 0.5) is 11.4 Å². The number of methoxy groups -OCH3 is 1. The number of nitrogens with one attached hydrogen (secondary N) is 1. The van der Waals surface area contributed by atoms with E-state index < -0.39 is 4.92 Å². The molecule has 1 heterocycles. The lowest BCUT2D eigenvalue weighted by molar-refractivity contribution is -0.385. The molecule has 0 aliphatic carbocycles. The molecule has 4 aromatic rings. The maximum absolute atomic E-state index is 12.5. The number of carbonyl (C=O) groups is 1. The lowest BCUT2D eigenvalue weighted by Gasteiger charge is -2.02. The third kappa shape index (κ3) is 4.46. The first-order chi connectivity index (χ1) is 15.5. The molecule has 4 rings (SSSR count). The molecule has 0 bridgehead atoms. The number of allylic oxidation sites excluding steroid dienone is 1. The van der Waals surface area contributed by atoms with Gasteiger partial charge in [0.15, 0.2) is 11.5 Å².